The summed E-state index contributed by atoms with van der Waals surface area (Å²) < 4.78 is 5.28. The van der Waals surface area contributed by atoms with Crippen molar-refractivity contribution in [3.05, 3.63) is 12.2 Å². The summed E-state index contributed by atoms with van der Waals surface area (Å²) in [5.41, 5.74) is 0. The monoisotopic (exact) mass is 303 g/mol. The number of rotatable bonds is 11. The second-order valence-electron chi connectivity index (χ2n) is 5.01. The molecule has 3 nitrogen and oxygen atoms in total. The molecule has 0 aromatic rings. The summed E-state index contributed by atoms with van der Waals surface area (Å²) in [5, 5.41) is 0. The van der Waals surface area contributed by atoms with Gasteiger partial charge in [0.05, 0.1) is 12.7 Å². The van der Waals surface area contributed by atoms with E-state index in [9.17, 15) is 4.79 Å². The summed E-state index contributed by atoms with van der Waals surface area (Å²) in [4.78, 5) is 13.8. The number of ether oxygens (including phenoxy) is 1. The standard InChI is InChI=1S/C14H25NO2S2/c1-12(14-11-17-14)6-9-15(2)8-4-5-13(16)7-10-19-18-3/h4-5,12,14H,6-11H2,1-3H3/b5-4+. The molecule has 1 aliphatic heterocycles. The molecule has 0 radical (unpaired) electrons. The lowest BCUT2D eigenvalue weighted by atomic mass is 10.0. The lowest BCUT2D eigenvalue weighted by Crippen LogP contribution is -2.22. The van der Waals surface area contributed by atoms with Crippen LogP contribution in [0.1, 0.15) is 19.8 Å². The normalized spacial score (nSPS) is 20.1. The largest absolute Gasteiger partial charge is 0.373 e. The molecule has 19 heavy (non-hydrogen) atoms. The van der Waals surface area contributed by atoms with Gasteiger partial charge in [-0.2, -0.15) is 0 Å². The van der Waals surface area contributed by atoms with Crippen molar-refractivity contribution in [2.45, 2.75) is 25.9 Å². The van der Waals surface area contributed by atoms with Crippen molar-refractivity contribution in [1.29, 1.82) is 0 Å². The van der Waals surface area contributed by atoms with Gasteiger partial charge in [0.25, 0.3) is 0 Å². The molecule has 0 N–H and O–H groups in total. The first kappa shape index (κ1) is 17.1. The van der Waals surface area contributed by atoms with Crippen LogP contribution in [0.2, 0.25) is 0 Å². The zero-order chi connectivity index (χ0) is 14.1. The first-order valence-electron chi connectivity index (χ1n) is 6.78. The van der Waals surface area contributed by atoms with Crippen LogP contribution < -0.4 is 0 Å². The zero-order valence-electron chi connectivity index (χ0n) is 12.1. The zero-order valence-corrected chi connectivity index (χ0v) is 13.8. The minimum Gasteiger partial charge on any atom is -0.373 e. The molecule has 0 bridgehead atoms. The van der Waals surface area contributed by atoms with E-state index in [1.165, 1.54) is 0 Å². The van der Waals surface area contributed by atoms with Gasteiger partial charge in [-0.1, -0.05) is 34.6 Å². The van der Waals surface area contributed by atoms with Gasteiger partial charge in [-0.05, 0) is 38.3 Å². The number of allylic oxidation sites excluding steroid dienone is 1. The van der Waals surface area contributed by atoms with Crippen LogP contribution in [0.15, 0.2) is 12.2 Å². The molecule has 2 unspecified atom stereocenters. The van der Waals surface area contributed by atoms with Crippen LogP contribution in [-0.4, -0.2) is 55.5 Å². The molecule has 0 amide bonds. The Kier molecular flexibility index (Phi) is 8.86. The minimum atomic E-state index is 0.231. The third-order valence-corrected chi connectivity index (χ3v) is 5.04. The van der Waals surface area contributed by atoms with E-state index >= 15 is 0 Å². The Hall–Kier alpha value is 0.0300. The summed E-state index contributed by atoms with van der Waals surface area (Å²) in [6.07, 6.45) is 8.04. The molecular formula is C14H25NO2S2. The quantitative estimate of drug-likeness (QED) is 0.254. The van der Waals surface area contributed by atoms with Gasteiger partial charge in [-0.15, -0.1) is 0 Å². The van der Waals surface area contributed by atoms with Gasteiger partial charge in [0, 0.05) is 18.7 Å². The second kappa shape index (κ2) is 9.86. The Morgan fingerprint density at radius 1 is 1.58 bits per heavy atom. The fraction of sp³-hybridized carbons (Fsp3) is 0.786. The number of likely N-dealkylation sites (N-methyl/N-ethyl adjacent to an activating group) is 1. The van der Waals surface area contributed by atoms with Gasteiger partial charge in [0.1, 0.15) is 0 Å². The Morgan fingerprint density at radius 2 is 2.32 bits per heavy atom. The van der Waals surface area contributed by atoms with Gasteiger partial charge in [0.15, 0.2) is 5.78 Å². The first-order valence-corrected chi connectivity index (χ1v) is 9.51. The number of epoxide rings is 1. The SMILES string of the molecule is CSSCCC(=O)/C=C/CN(C)CCC(C)C1CO1. The van der Waals surface area contributed by atoms with Crippen LogP contribution in [0.4, 0.5) is 0 Å². The fourth-order valence-corrected chi connectivity index (χ4v) is 2.96. The van der Waals surface area contributed by atoms with E-state index in [0.29, 0.717) is 18.4 Å². The van der Waals surface area contributed by atoms with Gasteiger partial charge >= 0.3 is 0 Å². The predicted octanol–water partition coefficient (Wildman–Crippen LogP) is 2.87. The van der Waals surface area contributed by atoms with Crippen molar-refractivity contribution in [2.24, 2.45) is 5.92 Å². The lowest BCUT2D eigenvalue weighted by Gasteiger charge is -2.16. The summed E-state index contributed by atoms with van der Waals surface area (Å²) in [5.74, 6) is 1.78. The number of carbonyl (C=O) groups is 1. The Balaban J connectivity index is 2.04. The van der Waals surface area contributed by atoms with Crippen LogP contribution in [0.3, 0.4) is 0 Å². The first-order chi connectivity index (χ1) is 9.13. The number of hydrogen-bond donors (Lipinski definition) is 0. The van der Waals surface area contributed by atoms with E-state index < -0.39 is 0 Å². The minimum absolute atomic E-state index is 0.231. The third kappa shape index (κ3) is 8.74. The molecule has 5 heteroatoms. The van der Waals surface area contributed by atoms with Crippen molar-refractivity contribution in [2.75, 3.05) is 38.8 Å². The molecule has 0 spiro atoms. The topological polar surface area (TPSA) is 32.8 Å². The molecule has 0 aliphatic carbocycles. The molecule has 110 valence electrons. The maximum atomic E-state index is 11.5. The molecule has 1 saturated heterocycles. The Bertz CT molecular complexity index is 293. The summed E-state index contributed by atoms with van der Waals surface area (Å²) in [6.45, 7) is 5.09. The van der Waals surface area contributed by atoms with Crippen molar-refractivity contribution in [3.8, 4) is 0 Å². The molecule has 2 atom stereocenters. The lowest BCUT2D eigenvalue weighted by molar-refractivity contribution is -0.114. The highest BCUT2D eigenvalue weighted by Crippen LogP contribution is 2.22. The molecule has 0 aromatic heterocycles. The Morgan fingerprint density at radius 3 is 2.95 bits per heavy atom. The van der Waals surface area contributed by atoms with Gasteiger partial charge in [-0.3, -0.25) is 4.79 Å². The third-order valence-electron chi connectivity index (χ3n) is 3.23. The van der Waals surface area contributed by atoms with E-state index in [1.54, 1.807) is 27.7 Å². The molecule has 0 saturated carbocycles. The molecular weight excluding hydrogens is 278 g/mol. The van der Waals surface area contributed by atoms with Gasteiger partial charge in [-0.25, -0.2) is 0 Å². The number of hydrogen-bond acceptors (Lipinski definition) is 5. The highest BCUT2D eigenvalue weighted by Gasteiger charge is 2.28. The smallest absolute Gasteiger partial charge is 0.156 e. The molecule has 1 heterocycles. The van der Waals surface area contributed by atoms with Crippen molar-refractivity contribution in [3.63, 3.8) is 0 Å². The number of ketones is 1. The summed E-state index contributed by atoms with van der Waals surface area (Å²) in [6, 6.07) is 0. The van der Waals surface area contributed by atoms with Crippen LogP contribution >= 0.6 is 21.6 Å². The van der Waals surface area contributed by atoms with Gasteiger partial charge in [0.2, 0.25) is 0 Å². The van der Waals surface area contributed by atoms with E-state index in [2.05, 4.69) is 18.9 Å². The van der Waals surface area contributed by atoms with Gasteiger partial charge < -0.3 is 9.64 Å². The van der Waals surface area contributed by atoms with E-state index in [1.807, 2.05) is 12.3 Å². The number of nitrogens with zero attached hydrogens (tertiary/aromatic N) is 1. The van der Waals surface area contributed by atoms with Crippen molar-refractivity contribution < 1.29 is 9.53 Å². The fourth-order valence-electron chi connectivity index (χ4n) is 1.76. The molecule has 0 aromatic carbocycles. The average Bonchev–Trinajstić information content (AvgIpc) is 3.20. The Labute approximate surface area is 124 Å². The second-order valence-corrected chi connectivity index (χ2v) is 7.69. The number of carbonyl (C=O) groups excluding carboxylic acids is 1. The van der Waals surface area contributed by atoms with Crippen LogP contribution in [0.5, 0.6) is 0 Å². The molecule has 1 aliphatic rings. The summed E-state index contributed by atoms with van der Waals surface area (Å²) >= 11 is 0. The van der Waals surface area contributed by atoms with Crippen LogP contribution in [-0.2, 0) is 9.53 Å². The van der Waals surface area contributed by atoms with E-state index in [4.69, 9.17) is 4.74 Å². The maximum absolute atomic E-state index is 11.5. The average molecular weight is 303 g/mol. The predicted molar refractivity (Wildman–Crippen MR) is 85.8 cm³/mol. The van der Waals surface area contributed by atoms with E-state index in [-0.39, 0.29) is 5.78 Å². The summed E-state index contributed by atoms with van der Waals surface area (Å²) in [7, 11) is 5.54. The molecule has 1 fully saturated rings. The van der Waals surface area contributed by atoms with Crippen molar-refractivity contribution >= 4 is 27.4 Å². The van der Waals surface area contributed by atoms with Crippen LogP contribution in [0, 0.1) is 5.92 Å². The van der Waals surface area contributed by atoms with Crippen molar-refractivity contribution in [1.82, 2.24) is 4.90 Å². The van der Waals surface area contributed by atoms with Crippen LogP contribution in [0.25, 0.3) is 0 Å². The van der Waals surface area contributed by atoms with E-state index in [0.717, 1.165) is 31.9 Å². The molecule has 1 rings (SSSR count). The highest BCUT2D eigenvalue weighted by molar-refractivity contribution is 8.76. The highest BCUT2D eigenvalue weighted by atomic mass is 33.1. The maximum Gasteiger partial charge on any atom is 0.156 e.